The summed E-state index contributed by atoms with van der Waals surface area (Å²) in [6.45, 7) is 49.1. The minimum Gasteiger partial charge on any atom is -0.493 e. The van der Waals surface area contributed by atoms with Crippen molar-refractivity contribution in [3.63, 3.8) is 0 Å². The molecule has 0 saturated heterocycles. The third kappa shape index (κ3) is 35.8. The van der Waals surface area contributed by atoms with Crippen molar-refractivity contribution in [2.45, 2.75) is 262 Å². The molecule has 20 heteroatoms. The van der Waals surface area contributed by atoms with Crippen molar-refractivity contribution in [1.82, 2.24) is 0 Å². The molecule has 12 aromatic rings. The van der Waals surface area contributed by atoms with E-state index in [1.54, 1.807) is 0 Å². The summed E-state index contributed by atoms with van der Waals surface area (Å²) in [5, 5.41) is 29.5. The summed E-state index contributed by atoms with van der Waals surface area (Å²) in [5.74, 6) is 6.99. The van der Waals surface area contributed by atoms with Crippen LogP contribution < -0.4 is 65.1 Å². The van der Waals surface area contributed by atoms with Gasteiger partial charge in [-0.25, -0.2) is 0 Å². The number of hydrogen-bond donors (Lipinski definition) is 7. The Bertz CT molecular complexity index is 5860. The normalized spacial score (nSPS) is 10.9. The highest BCUT2D eigenvalue weighted by atomic mass is 32.1. The summed E-state index contributed by atoms with van der Waals surface area (Å²) in [5.41, 5.74) is 33.0. The van der Waals surface area contributed by atoms with Gasteiger partial charge in [0, 0.05) is 61.9 Å². The fourth-order valence-corrected chi connectivity index (χ4v) is 15.9. The van der Waals surface area contributed by atoms with Crippen LogP contribution in [0.25, 0.3) is 0 Å². The molecule has 0 radical (unpaired) electrons. The summed E-state index contributed by atoms with van der Waals surface area (Å²) >= 11 is 31.9. The van der Waals surface area contributed by atoms with Crippen LogP contribution in [0.15, 0.2) is 218 Å². The lowest BCUT2D eigenvalue weighted by Gasteiger charge is -2.18. The summed E-state index contributed by atoms with van der Waals surface area (Å²) in [4.78, 5) is 4.99. The van der Waals surface area contributed by atoms with E-state index in [-0.39, 0.29) is 6.61 Å². The van der Waals surface area contributed by atoms with Gasteiger partial charge in [0.15, 0.2) is 0 Å². The van der Waals surface area contributed by atoms with Crippen LogP contribution in [0.5, 0.6) is 40.2 Å². The topological polar surface area (TPSA) is 157 Å². The van der Waals surface area contributed by atoms with Crippen LogP contribution in [0.1, 0.15) is 241 Å². The monoisotopic (exact) mass is 1960 g/mol. The van der Waals surface area contributed by atoms with Gasteiger partial charge in [0.25, 0.3) is 0 Å². The highest BCUT2D eigenvalue weighted by molar-refractivity contribution is 7.81. The molecule has 0 heterocycles. The molecule has 0 atom stereocenters. The molecule has 1 aliphatic rings. The molecule has 1 aliphatic carbocycles. The molecule has 7 N–H and O–H groups in total. The maximum atomic E-state index is 9.61. The third-order valence-electron chi connectivity index (χ3n) is 23.4. The number of ether oxygens (including phenoxy) is 7. The number of rotatable bonds is 35. The molecule has 1 saturated carbocycles. The van der Waals surface area contributed by atoms with Crippen molar-refractivity contribution in [2.75, 3.05) is 38.5 Å². The second kappa shape index (κ2) is 57.8. The van der Waals surface area contributed by atoms with Crippen LogP contribution in [-0.2, 0) is 52.7 Å². The second-order valence-corrected chi connectivity index (χ2v) is 37.7. The number of anilines is 6. The minimum absolute atomic E-state index is 0.0278. The number of aliphatic hydroxyl groups excluding tert-OH is 1. The Kier molecular flexibility index (Phi) is 46.8. The van der Waals surface area contributed by atoms with Crippen LogP contribution in [-0.4, -0.2) is 41.6 Å². The van der Waals surface area contributed by atoms with Gasteiger partial charge in [-0.05, 0) is 308 Å². The smallest absolute Gasteiger partial charge is 0.127 e. The minimum atomic E-state index is -0.0278. The Morgan fingerprint density at radius 1 is 0.254 bits per heavy atom. The summed E-state index contributed by atoms with van der Waals surface area (Å²) in [7, 11) is 0. The molecule has 0 amide bonds. The van der Waals surface area contributed by atoms with E-state index >= 15 is 0 Å². The lowest BCUT2D eigenvalue weighted by Crippen LogP contribution is -2.12. The van der Waals surface area contributed by atoms with Crippen molar-refractivity contribution in [1.29, 1.82) is 0 Å². The summed E-state index contributed by atoms with van der Waals surface area (Å²) in [6.07, 6.45) is 8.45. The van der Waals surface area contributed by atoms with Gasteiger partial charge in [0.2, 0.25) is 0 Å². The third-order valence-corrected chi connectivity index (χ3v) is 25.7. The molecule has 0 bridgehead atoms. The maximum Gasteiger partial charge on any atom is 0.127 e. The van der Waals surface area contributed by atoms with Crippen LogP contribution in [0.2, 0.25) is 0 Å². The van der Waals surface area contributed by atoms with E-state index in [2.05, 4.69) is 290 Å². The van der Waals surface area contributed by atoms with E-state index < -0.39 is 0 Å². The van der Waals surface area contributed by atoms with E-state index in [0.717, 1.165) is 205 Å². The first kappa shape index (κ1) is 112. The van der Waals surface area contributed by atoms with Crippen LogP contribution in [0.3, 0.4) is 0 Å². The van der Waals surface area contributed by atoms with Crippen molar-refractivity contribution in [3.8, 4) is 40.2 Å². The SMILES string of the molecule is CCC(=S)Nc1cccc(C)c1COc1ccc(C)cc1C.CCC(=S)Nc1cccc(C)c1COc1ccc(C)cc1C.CCC(=S)Nc1cccc(C2CC2)c1COc1ccc(C)cc1C.CCC(=S)Nc1cccc(CC)c1COc1ccc(C)cc1C.CCC(=S)Nc1cccc(CO)c1COc1ccc(C)cc1C.CCOc1cccc(NC(=S)CC)c1COc1ccc(C)cc1C. The highest BCUT2D eigenvalue weighted by Crippen LogP contribution is 2.44. The lowest BCUT2D eigenvalue weighted by molar-refractivity contribution is 0.269. The first-order valence-electron chi connectivity index (χ1n) is 48.1. The van der Waals surface area contributed by atoms with Gasteiger partial charge < -0.3 is 70.2 Å². The number of thiocarbonyl (C=S) groups is 6. The van der Waals surface area contributed by atoms with Gasteiger partial charge in [-0.3, -0.25) is 0 Å². The van der Waals surface area contributed by atoms with Crippen molar-refractivity contribution >= 4 is 137 Å². The van der Waals surface area contributed by atoms with Crippen molar-refractivity contribution in [3.05, 3.63) is 346 Å². The van der Waals surface area contributed by atoms with E-state index in [1.807, 2.05) is 113 Å². The zero-order valence-corrected chi connectivity index (χ0v) is 90.0. The van der Waals surface area contributed by atoms with Gasteiger partial charge in [0.05, 0.1) is 48.7 Å². The molecule has 1 fully saturated rings. The lowest BCUT2D eigenvalue weighted by atomic mass is 10.0. The average molecular weight is 1970 g/mol. The molecule has 730 valence electrons. The summed E-state index contributed by atoms with van der Waals surface area (Å²) < 4.78 is 42.1. The first-order chi connectivity index (χ1) is 66.2. The Labute approximate surface area is 856 Å². The number of aliphatic hydroxyl groups is 1. The first-order valence-corrected chi connectivity index (χ1v) is 50.5. The largest absolute Gasteiger partial charge is 0.493 e. The van der Waals surface area contributed by atoms with Crippen LogP contribution in [0.4, 0.5) is 34.1 Å². The van der Waals surface area contributed by atoms with Gasteiger partial charge in [-0.1, -0.05) is 295 Å². The van der Waals surface area contributed by atoms with E-state index in [9.17, 15) is 5.11 Å². The molecule has 14 nitrogen and oxygen atoms in total. The van der Waals surface area contributed by atoms with Crippen molar-refractivity contribution in [2.24, 2.45) is 0 Å². The molecule has 0 unspecified atom stereocenters. The predicted octanol–water partition coefficient (Wildman–Crippen LogP) is 32.1. The van der Waals surface area contributed by atoms with E-state index in [0.29, 0.717) is 52.2 Å². The number of nitrogens with one attached hydrogen (secondary N) is 6. The number of aryl methyl sites for hydroxylation is 15. The fourth-order valence-electron chi connectivity index (χ4n) is 15.2. The zero-order valence-electron chi connectivity index (χ0n) is 85.1. The van der Waals surface area contributed by atoms with Gasteiger partial charge in [-0.15, -0.1) is 0 Å². The Balaban J connectivity index is 0.000000203. The Morgan fingerprint density at radius 2 is 0.493 bits per heavy atom. The molecule has 0 aromatic heterocycles. The van der Waals surface area contributed by atoms with Crippen LogP contribution in [0, 0.1) is 96.9 Å². The number of benzene rings is 12. The van der Waals surface area contributed by atoms with Gasteiger partial charge in [-0.2, -0.15) is 0 Å². The van der Waals surface area contributed by atoms with E-state index in [1.165, 1.54) is 85.2 Å². The molecular weight excluding hydrogens is 1820 g/mol. The second-order valence-electron chi connectivity index (χ2n) is 34.7. The Morgan fingerprint density at radius 3 is 0.768 bits per heavy atom. The molecular formula is C118H144N6O8S6. The molecule has 0 aliphatic heterocycles. The Hall–Kier alpha value is -11.5. The maximum absolute atomic E-state index is 9.61. The molecule has 138 heavy (non-hydrogen) atoms. The van der Waals surface area contributed by atoms with Gasteiger partial charge >= 0.3 is 0 Å². The zero-order chi connectivity index (χ0) is 100. The summed E-state index contributed by atoms with van der Waals surface area (Å²) in [6, 6.07) is 74.2. The van der Waals surface area contributed by atoms with Crippen LogP contribution >= 0.6 is 73.3 Å². The highest BCUT2D eigenvalue weighted by Gasteiger charge is 2.28. The predicted molar refractivity (Wildman–Crippen MR) is 607 cm³/mol. The standard InChI is InChI=1S/C21H25NOS.C20H25NO2S.C20H25NOS.C19H23NO2S.2C19H23NOS/c1-4-21(24)22-19-7-5-6-17(16-9-10-16)18(19)13-23-20-11-8-14(2)12-15(20)3;1-5-20(24)21-17-8-7-9-19(22-6-2)16(17)13-23-18-11-10-14(3)12-15(18)4;1-5-16-8-7-9-18(21-20(23)6-2)17(16)13-22-19-11-10-14(3)12-15(19)4;1-4-19(23)20-17-7-5-6-15(11-21)16(17)12-22-18-9-8-13(2)10-14(18)3;2*1-5-19(22)20-17-8-6-7-14(3)16(17)12-21-18-10-9-13(2)11-15(18)4/h5-8,11-12,16H,4,9-10,13H2,1-3H3,(H,22,24);7-12H,5-6,13H2,1-4H3,(H,21,24);7-12H,5-6,13H2,1-4H3,(H,21,23);5-10,21H,4,11-12H2,1-3H3,(H,20,23);2*6-11H,5,12H2,1-4H3,(H,20,22). The van der Waals surface area contributed by atoms with Crippen molar-refractivity contribution < 1.29 is 38.3 Å². The average Bonchev–Trinajstić information content (AvgIpc) is 1.65. The molecule has 12 aromatic carbocycles. The fraction of sp³-hybridized carbons (Fsp3) is 0.339. The van der Waals surface area contributed by atoms with E-state index in [4.69, 9.17) is 106 Å². The quantitative estimate of drug-likeness (QED) is 0.0188. The molecule has 13 rings (SSSR count). The number of hydrogen-bond acceptors (Lipinski definition) is 14. The molecule has 0 spiro atoms. The van der Waals surface area contributed by atoms with Gasteiger partial charge in [0.1, 0.15) is 79.9 Å².